The summed E-state index contributed by atoms with van der Waals surface area (Å²) in [6, 6.07) is 4.34. The normalized spacial score (nSPS) is 10.1. The number of amides is 1. The Morgan fingerprint density at radius 3 is 2.82 bits per heavy atom. The molecule has 0 radical (unpaired) electrons. The van der Waals surface area contributed by atoms with Crippen LogP contribution in [0.15, 0.2) is 30.6 Å². The highest BCUT2D eigenvalue weighted by molar-refractivity contribution is 6.06. The maximum absolute atomic E-state index is 12.3. The molecule has 2 heterocycles. The highest BCUT2D eigenvalue weighted by Crippen LogP contribution is 2.20. The molecule has 7 heteroatoms. The number of aromatic nitrogens is 2. The molecule has 114 valence electrons. The Hall–Kier alpha value is -2.96. The number of esters is 1. The molecule has 22 heavy (non-hydrogen) atoms. The number of aromatic hydroxyl groups is 1. The Kier molecular flexibility index (Phi) is 4.67. The van der Waals surface area contributed by atoms with Crippen LogP contribution in [0.4, 0.5) is 5.82 Å². The third-order valence-corrected chi connectivity index (χ3v) is 2.86. The van der Waals surface area contributed by atoms with Crippen molar-refractivity contribution in [2.24, 2.45) is 0 Å². The maximum Gasteiger partial charge on any atom is 0.339 e. The minimum absolute atomic E-state index is 0.0356. The predicted molar refractivity (Wildman–Crippen MR) is 78.8 cm³/mol. The topological polar surface area (TPSA) is 101 Å². The number of aryl methyl sites for hydroxylation is 1. The summed E-state index contributed by atoms with van der Waals surface area (Å²) >= 11 is 0. The van der Waals surface area contributed by atoms with Gasteiger partial charge in [0.15, 0.2) is 11.6 Å². The summed E-state index contributed by atoms with van der Waals surface area (Å²) in [5.41, 5.74) is 0.833. The molecule has 7 nitrogen and oxygen atoms in total. The maximum atomic E-state index is 12.3. The van der Waals surface area contributed by atoms with Crippen LogP contribution in [0.25, 0.3) is 0 Å². The molecular formula is C15H15N3O4. The molecule has 2 aromatic heterocycles. The fraction of sp³-hybridized carbons (Fsp3) is 0.200. The van der Waals surface area contributed by atoms with Crippen molar-refractivity contribution < 1.29 is 19.4 Å². The lowest BCUT2D eigenvalue weighted by atomic mass is 10.1. The molecule has 0 spiro atoms. The summed E-state index contributed by atoms with van der Waals surface area (Å²) in [5, 5.41) is 12.1. The van der Waals surface area contributed by atoms with E-state index in [1.165, 1.54) is 24.5 Å². The summed E-state index contributed by atoms with van der Waals surface area (Å²) in [6.45, 7) is 3.56. The van der Waals surface area contributed by atoms with Crippen LogP contribution in [0, 0.1) is 6.92 Å². The van der Waals surface area contributed by atoms with Crippen LogP contribution in [0.3, 0.4) is 0 Å². The van der Waals surface area contributed by atoms with Gasteiger partial charge in [-0.2, -0.15) is 0 Å². The summed E-state index contributed by atoms with van der Waals surface area (Å²) in [4.78, 5) is 31.9. The van der Waals surface area contributed by atoms with Crippen LogP contribution in [-0.4, -0.2) is 33.6 Å². The van der Waals surface area contributed by atoms with E-state index in [1.54, 1.807) is 19.9 Å². The fourth-order valence-corrected chi connectivity index (χ4v) is 1.76. The lowest BCUT2D eigenvalue weighted by Crippen LogP contribution is -2.16. The molecule has 2 rings (SSSR count). The number of ether oxygens (including phenoxy) is 1. The Balaban J connectivity index is 2.27. The van der Waals surface area contributed by atoms with Gasteiger partial charge in [0, 0.05) is 12.4 Å². The van der Waals surface area contributed by atoms with E-state index in [9.17, 15) is 14.7 Å². The van der Waals surface area contributed by atoms with Gasteiger partial charge in [0.25, 0.3) is 5.91 Å². The summed E-state index contributed by atoms with van der Waals surface area (Å²) in [7, 11) is 0. The number of anilines is 1. The van der Waals surface area contributed by atoms with Crippen molar-refractivity contribution in [3.05, 3.63) is 47.4 Å². The quantitative estimate of drug-likeness (QED) is 0.837. The average Bonchev–Trinajstić information content (AvgIpc) is 2.50. The first kappa shape index (κ1) is 15.4. The molecule has 0 aliphatic carbocycles. The highest BCUT2D eigenvalue weighted by Gasteiger charge is 2.16. The molecule has 0 fully saturated rings. The van der Waals surface area contributed by atoms with E-state index in [2.05, 4.69) is 15.3 Å². The van der Waals surface area contributed by atoms with Crippen LogP contribution >= 0.6 is 0 Å². The first-order valence-corrected chi connectivity index (χ1v) is 6.62. The van der Waals surface area contributed by atoms with Crippen LogP contribution in [0.1, 0.15) is 33.3 Å². The molecule has 0 aliphatic heterocycles. The summed E-state index contributed by atoms with van der Waals surface area (Å²) in [6.07, 6.45) is 2.79. The van der Waals surface area contributed by atoms with Crippen molar-refractivity contribution in [3.63, 3.8) is 0 Å². The lowest BCUT2D eigenvalue weighted by molar-refractivity contribution is 0.0526. The second-order valence-corrected chi connectivity index (χ2v) is 4.40. The zero-order chi connectivity index (χ0) is 16.1. The van der Waals surface area contributed by atoms with Gasteiger partial charge in [-0.1, -0.05) is 0 Å². The molecule has 1 amide bonds. The molecule has 0 unspecified atom stereocenters. The van der Waals surface area contributed by atoms with Gasteiger partial charge in [-0.05, 0) is 32.0 Å². The third-order valence-electron chi connectivity index (χ3n) is 2.86. The smallest absolute Gasteiger partial charge is 0.339 e. The minimum atomic E-state index is -0.551. The van der Waals surface area contributed by atoms with Crippen LogP contribution < -0.4 is 5.32 Å². The first-order chi connectivity index (χ1) is 10.5. The highest BCUT2D eigenvalue weighted by atomic mass is 16.5. The molecule has 0 aromatic carbocycles. The van der Waals surface area contributed by atoms with Gasteiger partial charge >= 0.3 is 5.97 Å². The second-order valence-electron chi connectivity index (χ2n) is 4.40. The van der Waals surface area contributed by atoms with Gasteiger partial charge in [0.05, 0.1) is 23.4 Å². The van der Waals surface area contributed by atoms with Gasteiger partial charge in [-0.25, -0.2) is 9.78 Å². The number of nitrogens with one attached hydrogen (secondary N) is 1. The van der Waals surface area contributed by atoms with Crippen molar-refractivity contribution in [1.82, 2.24) is 9.97 Å². The predicted octanol–water partition coefficient (Wildman–Crippen LogP) is 1.92. The standard InChI is InChI=1S/C15H15N3O4/c1-3-22-15(21)10-7-11(9(2)17-8-10)14(20)18-13-12(19)5-4-6-16-13/h4-8,19H,3H2,1-2H3,(H,16,18,20). The number of carbonyl (C=O) groups excluding carboxylic acids is 2. The van der Waals surface area contributed by atoms with E-state index in [0.717, 1.165) is 0 Å². The number of rotatable bonds is 4. The van der Waals surface area contributed by atoms with E-state index < -0.39 is 11.9 Å². The van der Waals surface area contributed by atoms with E-state index in [4.69, 9.17) is 4.74 Å². The van der Waals surface area contributed by atoms with E-state index in [-0.39, 0.29) is 29.3 Å². The second kappa shape index (κ2) is 6.66. The zero-order valence-corrected chi connectivity index (χ0v) is 12.2. The number of hydrogen-bond donors (Lipinski definition) is 2. The monoisotopic (exact) mass is 301 g/mol. The first-order valence-electron chi connectivity index (χ1n) is 6.62. The molecule has 0 bridgehead atoms. The van der Waals surface area contributed by atoms with Gasteiger partial charge in [0.2, 0.25) is 0 Å². The SMILES string of the molecule is CCOC(=O)c1cnc(C)c(C(=O)Nc2ncccc2O)c1. The van der Waals surface area contributed by atoms with Crippen LogP contribution in [0.5, 0.6) is 5.75 Å². The summed E-state index contributed by atoms with van der Waals surface area (Å²) < 4.78 is 4.88. The Labute approximate surface area is 127 Å². The number of hydrogen-bond acceptors (Lipinski definition) is 6. The fourth-order valence-electron chi connectivity index (χ4n) is 1.76. The van der Waals surface area contributed by atoms with Crippen molar-refractivity contribution in [2.45, 2.75) is 13.8 Å². The van der Waals surface area contributed by atoms with Crippen LogP contribution in [-0.2, 0) is 4.74 Å². The van der Waals surface area contributed by atoms with Gasteiger partial charge in [0.1, 0.15) is 0 Å². The van der Waals surface area contributed by atoms with E-state index >= 15 is 0 Å². The summed E-state index contributed by atoms with van der Waals surface area (Å²) in [5.74, 6) is -1.19. The van der Waals surface area contributed by atoms with Crippen molar-refractivity contribution >= 4 is 17.7 Å². The molecule has 0 atom stereocenters. The molecular weight excluding hydrogens is 286 g/mol. The Morgan fingerprint density at radius 2 is 2.14 bits per heavy atom. The van der Waals surface area contributed by atoms with Crippen molar-refractivity contribution in [3.8, 4) is 5.75 Å². The Morgan fingerprint density at radius 1 is 1.36 bits per heavy atom. The zero-order valence-electron chi connectivity index (χ0n) is 12.2. The molecule has 0 aliphatic rings. The third kappa shape index (κ3) is 3.38. The number of nitrogens with zero attached hydrogens (tertiary/aromatic N) is 2. The van der Waals surface area contributed by atoms with Gasteiger partial charge < -0.3 is 15.2 Å². The molecule has 0 saturated carbocycles. The largest absolute Gasteiger partial charge is 0.504 e. The molecule has 2 N–H and O–H groups in total. The van der Waals surface area contributed by atoms with Crippen molar-refractivity contribution in [2.75, 3.05) is 11.9 Å². The van der Waals surface area contributed by atoms with Crippen LogP contribution in [0.2, 0.25) is 0 Å². The molecule has 2 aromatic rings. The van der Waals surface area contributed by atoms with E-state index in [0.29, 0.717) is 5.69 Å². The average molecular weight is 301 g/mol. The van der Waals surface area contributed by atoms with Crippen molar-refractivity contribution in [1.29, 1.82) is 0 Å². The van der Waals surface area contributed by atoms with E-state index in [1.807, 2.05) is 0 Å². The Bertz CT molecular complexity index is 716. The number of pyridine rings is 2. The number of carbonyl (C=O) groups is 2. The lowest BCUT2D eigenvalue weighted by Gasteiger charge is -2.09. The minimum Gasteiger partial charge on any atom is -0.504 e. The van der Waals surface area contributed by atoms with Gasteiger partial charge in [-0.15, -0.1) is 0 Å². The molecule has 0 saturated heterocycles. The van der Waals surface area contributed by atoms with Gasteiger partial charge in [-0.3, -0.25) is 9.78 Å².